The number of nitrogens with zero attached hydrogens (tertiary/aromatic N) is 3. The largest absolute Gasteiger partial charge is 0.491 e. The van der Waals surface area contributed by atoms with Gasteiger partial charge in [-0.05, 0) is 38.1 Å². The van der Waals surface area contributed by atoms with Crippen LogP contribution in [0.4, 0.5) is 13.2 Å². The van der Waals surface area contributed by atoms with Gasteiger partial charge in [-0.3, -0.25) is 9.36 Å². The minimum atomic E-state index is -5.24. The molecule has 1 saturated heterocycles. The number of esters is 1. The van der Waals surface area contributed by atoms with Gasteiger partial charge in [-0.15, -0.1) is 5.10 Å². The molecule has 1 fully saturated rings. The highest BCUT2D eigenvalue weighted by Gasteiger charge is 2.42. The summed E-state index contributed by atoms with van der Waals surface area (Å²) >= 11 is 0. The fourth-order valence-corrected chi connectivity index (χ4v) is 2.70. The van der Waals surface area contributed by atoms with Gasteiger partial charge in [-0.25, -0.2) is 9.31 Å². The van der Waals surface area contributed by atoms with Crippen molar-refractivity contribution in [2.45, 2.75) is 31.2 Å². The van der Waals surface area contributed by atoms with E-state index in [0.717, 1.165) is 9.08 Å². The lowest BCUT2D eigenvalue weighted by molar-refractivity contribution is -0.190. The molecule has 0 aromatic carbocycles. The minimum Gasteiger partial charge on any atom is -0.388 e. The quantitative estimate of drug-likeness (QED) is 0.753. The van der Waals surface area contributed by atoms with Gasteiger partial charge in [0.1, 0.15) is 5.52 Å². The first-order valence-electron chi connectivity index (χ1n) is 7.50. The van der Waals surface area contributed by atoms with Crippen LogP contribution in [0.5, 0.6) is 6.01 Å². The Morgan fingerprint density at radius 3 is 2.72 bits per heavy atom. The van der Waals surface area contributed by atoms with Crippen molar-refractivity contribution in [3.8, 4) is 6.01 Å². The minimum absolute atomic E-state index is 0.0874. The summed E-state index contributed by atoms with van der Waals surface area (Å²) in [5.74, 6) is -2.49. The van der Waals surface area contributed by atoms with E-state index in [1.807, 2.05) is 0 Å². The Kier molecular flexibility index (Phi) is 4.29. The van der Waals surface area contributed by atoms with Crippen molar-refractivity contribution in [3.05, 3.63) is 28.7 Å². The summed E-state index contributed by atoms with van der Waals surface area (Å²) in [6.45, 7) is 0.649. The number of rotatable bonds is 3. The van der Waals surface area contributed by atoms with E-state index in [2.05, 4.69) is 15.2 Å². The van der Waals surface area contributed by atoms with E-state index in [0.29, 0.717) is 13.1 Å². The Morgan fingerprint density at radius 1 is 1.40 bits per heavy atom. The molecular formula is C14H15F3N4O4. The molecule has 8 nitrogen and oxygen atoms in total. The second-order valence-corrected chi connectivity index (χ2v) is 5.87. The maximum atomic E-state index is 12.6. The molecule has 2 aromatic rings. The molecule has 25 heavy (non-hydrogen) atoms. The molecule has 0 unspecified atom stereocenters. The number of aromatic nitrogens is 3. The monoisotopic (exact) mass is 360 g/mol. The average molecular weight is 360 g/mol. The van der Waals surface area contributed by atoms with Crippen molar-refractivity contribution in [2.75, 3.05) is 13.1 Å². The van der Waals surface area contributed by atoms with Gasteiger partial charge in [0.05, 0.1) is 12.1 Å². The Hall–Kier alpha value is -2.40. The molecule has 0 spiro atoms. The number of aliphatic hydroxyl groups is 1. The highest BCUT2D eigenvalue weighted by Crippen LogP contribution is 2.23. The van der Waals surface area contributed by atoms with Crippen LogP contribution in [0.2, 0.25) is 0 Å². The predicted molar refractivity (Wildman–Crippen MR) is 78.2 cm³/mol. The molecule has 3 rings (SSSR count). The van der Waals surface area contributed by atoms with Crippen LogP contribution in [0.25, 0.3) is 5.52 Å². The highest BCUT2D eigenvalue weighted by atomic mass is 19.4. The lowest BCUT2D eigenvalue weighted by Gasteiger charge is -2.33. The van der Waals surface area contributed by atoms with Crippen molar-refractivity contribution in [2.24, 2.45) is 0 Å². The van der Waals surface area contributed by atoms with Gasteiger partial charge < -0.3 is 15.2 Å². The van der Waals surface area contributed by atoms with Crippen molar-refractivity contribution in [1.29, 1.82) is 0 Å². The number of hydrogen-bond acceptors (Lipinski definition) is 6. The summed E-state index contributed by atoms with van der Waals surface area (Å²) in [5, 5.41) is 17.4. The van der Waals surface area contributed by atoms with Gasteiger partial charge in [0.25, 0.3) is 5.56 Å². The fourth-order valence-electron chi connectivity index (χ4n) is 2.70. The number of halogens is 3. The zero-order chi connectivity index (χ0) is 18.2. The Bertz CT molecular complexity index is 852. The highest BCUT2D eigenvalue weighted by molar-refractivity contribution is 5.77. The lowest BCUT2D eigenvalue weighted by Crippen LogP contribution is -2.47. The zero-order valence-corrected chi connectivity index (χ0v) is 12.9. The predicted octanol–water partition coefficient (Wildman–Crippen LogP) is 0.0782. The van der Waals surface area contributed by atoms with Gasteiger partial charge in [0, 0.05) is 6.20 Å². The molecule has 3 heterocycles. The van der Waals surface area contributed by atoms with Gasteiger partial charge >= 0.3 is 18.2 Å². The van der Waals surface area contributed by atoms with E-state index in [4.69, 9.17) is 0 Å². The maximum Gasteiger partial charge on any atom is 0.491 e. The molecule has 0 radical (unpaired) electrons. The first-order valence-corrected chi connectivity index (χ1v) is 7.50. The molecule has 0 bridgehead atoms. The molecule has 0 amide bonds. The van der Waals surface area contributed by atoms with Crippen LogP contribution in [0.1, 0.15) is 12.8 Å². The van der Waals surface area contributed by atoms with Crippen molar-refractivity contribution in [1.82, 2.24) is 19.5 Å². The molecule has 0 atom stereocenters. The SMILES string of the molecule is O=C(Oc1nn2cccc2c(=O)n1CC1(O)CCNCC1)C(F)(F)F. The van der Waals surface area contributed by atoms with Crippen LogP contribution in [0.3, 0.4) is 0 Å². The van der Waals surface area contributed by atoms with E-state index in [1.165, 1.54) is 18.3 Å². The number of fused-ring (bicyclic) bond motifs is 1. The van der Waals surface area contributed by atoms with E-state index >= 15 is 0 Å². The van der Waals surface area contributed by atoms with Crippen molar-refractivity contribution < 1.29 is 27.8 Å². The van der Waals surface area contributed by atoms with Gasteiger partial charge in [0.15, 0.2) is 0 Å². The number of piperidine rings is 1. The second-order valence-electron chi connectivity index (χ2n) is 5.87. The summed E-state index contributed by atoms with van der Waals surface area (Å²) in [6.07, 6.45) is -3.32. The van der Waals surface area contributed by atoms with E-state index in [1.54, 1.807) is 0 Å². The molecule has 2 N–H and O–H groups in total. The molecular weight excluding hydrogens is 345 g/mol. The third kappa shape index (κ3) is 3.51. The number of hydrogen-bond donors (Lipinski definition) is 2. The Morgan fingerprint density at radius 2 is 2.08 bits per heavy atom. The van der Waals surface area contributed by atoms with E-state index < -0.39 is 29.3 Å². The topological polar surface area (TPSA) is 97.9 Å². The molecule has 1 aliphatic heterocycles. The average Bonchev–Trinajstić information content (AvgIpc) is 2.99. The zero-order valence-electron chi connectivity index (χ0n) is 12.9. The summed E-state index contributed by atoms with van der Waals surface area (Å²) < 4.78 is 43.6. The van der Waals surface area contributed by atoms with Gasteiger partial charge in [-0.2, -0.15) is 13.2 Å². The smallest absolute Gasteiger partial charge is 0.388 e. The van der Waals surface area contributed by atoms with Crippen molar-refractivity contribution >= 4 is 11.5 Å². The van der Waals surface area contributed by atoms with E-state index in [9.17, 15) is 27.9 Å². The van der Waals surface area contributed by atoms with Crippen LogP contribution in [0.15, 0.2) is 23.1 Å². The molecule has 2 aromatic heterocycles. The van der Waals surface area contributed by atoms with Gasteiger partial charge in [-0.1, -0.05) is 0 Å². The number of nitrogens with one attached hydrogen (secondary N) is 1. The molecule has 136 valence electrons. The van der Waals surface area contributed by atoms with Crippen LogP contribution in [-0.2, 0) is 11.3 Å². The summed E-state index contributed by atoms with van der Waals surface area (Å²) in [5.41, 5.74) is -1.94. The molecule has 0 aliphatic carbocycles. The fraction of sp³-hybridized carbons (Fsp3) is 0.500. The molecule has 0 saturated carbocycles. The number of carbonyl (C=O) groups is 1. The molecule has 11 heteroatoms. The van der Waals surface area contributed by atoms with Gasteiger partial charge in [0.2, 0.25) is 0 Å². The summed E-state index contributed by atoms with van der Waals surface area (Å²) in [7, 11) is 0. The Balaban J connectivity index is 2.04. The maximum absolute atomic E-state index is 12.6. The summed E-state index contributed by atoms with van der Waals surface area (Å²) in [6, 6.07) is 2.08. The van der Waals surface area contributed by atoms with Crippen LogP contribution in [-0.4, -0.2) is 50.1 Å². The third-order valence-electron chi connectivity index (χ3n) is 4.02. The Labute approximate surface area is 138 Å². The number of carbonyl (C=O) groups excluding carboxylic acids is 1. The van der Waals surface area contributed by atoms with Crippen LogP contribution >= 0.6 is 0 Å². The number of alkyl halides is 3. The first-order chi connectivity index (χ1) is 11.7. The van der Waals surface area contributed by atoms with Crippen LogP contribution < -0.4 is 15.6 Å². The second kappa shape index (κ2) is 6.15. The third-order valence-corrected chi connectivity index (χ3v) is 4.02. The normalized spacial score (nSPS) is 17.6. The van der Waals surface area contributed by atoms with E-state index in [-0.39, 0.29) is 24.9 Å². The van der Waals surface area contributed by atoms with Crippen LogP contribution in [0, 0.1) is 0 Å². The summed E-state index contributed by atoms with van der Waals surface area (Å²) in [4.78, 5) is 23.7. The lowest BCUT2D eigenvalue weighted by atomic mass is 9.92. The van der Waals surface area contributed by atoms with Crippen molar-refractivity contribution in [3.63, 3.8) is 0 Å². The standard InChI is InChI=1S/C14H15F3N4O4/c15-14(16,17)11(23)25-12-19-21-7-1-2-9(21)10(22)20(12)8-13(24)3-5-18-6-4-13/h1-2,7,18,24H,3-6,8H2. The molecule has 1 aliphatic rings. The number of ether oxygens (including phenoxy) is 1. The first kappa shape index (κ1) is 17.4.